The number of likely N-dealkylation sites (tertiary alicyclic amines) is 1. The van der Waals surface area contributed by atoms with Gasteiger partial charge in [0.05, 0.1) is 18.4 Å². The maximum atomic E-state index is 12.2. The summed E-state index contributed by atoms with van der Waals surface area (Å²) >= 11 is 0. The maximum Gasteiger partial charge on any atom is 0.241 e. The molecule has 0 radical (unpaired) electrons. The Morgan fingerprint density at radius 3 is 2.65 bits per heavy atom. The third kappa shape index (κ3) is 2.47. The van der Waals surface area contributed by atoms with Crippen LogP contribution in [0, 0.1) is 0 Å². The van der Waals surface area contributed by atoms with Crippen LogP contribution in [0.3, 0.4) is 0 Å². The van der Waals surface area contributed by atoms with Gasteiger partial charge >= 0.3 is 0 Å². The fourth-order valence-corrected chi connectivity index (χ4v) is 4.59. The summed E-state index contributed by atoms with van der Waals surface area (Å²) in [5.74, 6) is -0.164. The van der Waals surface area contributed by atoms with E-state index in [2.05, 4.69) is 0 Å². The third-order valence-electron chi connectivity index (χ3n) is 3.73. The molecule has 1 amide bonds. The molecule has 2 atom stereocenters. The Labute approximate surface area is 102 Å². The van der Waals surface area contributed by atoms with Crippen LogP contribution in [0.4, 0.5) is 0 Å². The van der Waals surface area contributed by atoms with Gasteiger partial charge in [0, 0.05) is 6.54 Å². The predicted molar refractivity (Wildman–Crippen MR) is 63.2 cm³/mol. The van der Waals surface area contributed by atoms with E-state index >= 15 is 0 Å². The van der Waals surface area contributed by atoms with E-state index in [-0.39, 0.29) is 24.3 Å². The molecule has 0 aromatic rings. The summed E-state index contributed by atoms with van der Waals surface area (Å²) in [6.07, 6.45) is 3.53. The van der Waals surface area contributed by atoms with Gasteiger partial charge in [-0.2, -0.15) is 0 Å². The lowest BCUT2D eigenvalue weighted by atomic mass is 10.1. The van der Waals surface area contributed by atoms with E-state index in [1.165, 1.54) is 0 Å². The Balaban J connectivity index is 2.13. The van der Waals surface area contributed by atoms with E-state index in [4.69, 9.17) is 0 Å². The third-order valence-corrected chi connectivity index (χ3v) is 5.89. The molecule has 17 heavy (non-hydrogen) atoms. The molecule has 1 N–H and O–H groups in total. The second-order valence-electron chi connectivity index (χ2n) is 4.86. The van der Waals surface area contributed by atoms with Crippen molar-refractivity contribution in [2.75, 3.05) is 18.9 Å². The van der Waals surface area contributed by atoms with Crippen LogP contribution in [0.5, 0.6) is 0 Å². The second kappa shape index (κ2) is 4.94. The molecule has 5 nitrogen and oxygen atoms in total. The van der Waals surface area contributed by atoms with Crippen molar-refractivity contribution in [2.24, 2.45) is 0 Å². The first-order valence-electron chi connectivity index (χ1n) is 6.19. The van der Waals surface area contributed by atoms with Crippen molar-refractivity contribution in [3.05, 3.63) is 0 Å². The Bertz CT molecular complexity index is 392. The molecule has 2 aliphatic heterocycles. The zero-order valence-electron chi connectivity index (χ0n) is 9.84. The van der Waals surface area contributed by atoms with Crippen LogP contribution in [0.1, 0.15) is 32.1 Å². The molecular formula is C11H19NO4S. The minimum absolute atomic E-state index is 0.0709. The lowest BCUT2D eigenvalue weighted by Gasteiger charge is -2.29. The average molecular weight is 261 g/mol. The lowest BCUT2D eigenvalue weighted by Crippen LogP contribution is -2.48. The van der Waals surface area contributed by atoms with Crippen LogP contribution in [0.25, 0.3) is 0 Å². The van der Waals surface area contributed by atoms with E-state index < -0.39 is 15.1 Å². The molecule has 0 aromatic carbocycles. The first-order chi connectivity index (χ1) is 8.06. The van der Waals surface area contributed by atoms with Gasteiger partial charge in [0.1, 0.15) is 5.25 Å². The highest BCUT2D eigenvalue weighted by Crippen LogP contribution is 2.25. The van der Waals surface area contributed by atoms with Crippen LogP contribution in [-0.2, 0) is 14.6 Å². The number of carbonyl (C=O) groups is 1. The molecule has 98 valence electrons. The highest BCUT2D eigenvalue weighted by molar-refractivity contribution is 7.92. The number of carbonyl (C=O) groups excluding carboxylic acids is 1. The van der Waals surface area contributed by atoms with Gasteiger partial charge < -0.3 is 10.0 Å². The zero-order valence-corrected chi connectivity index (χ0v) is 10.7. The summed E-state index contributed by atoms with van der Waals surface area (Å²) in [4.78, 5) is 13.8. The number of sulfone groups is 1. The van der Waals surface area contributed by atoms with Crippen molar-refractivity contribution in [1.29, 1.82) is 0 Å². The number of aliphatic hydroxyl groups excluding tert-OH is 1. The standard InChI is InChI=1S/C11H19NO4S/c13-8-9-4-3-6-12(9)11(14)10-5-1-2-7-17(10,15)16/h9-10,13H,1-8H2. The van der Waals surface area contributed by atoms with Gasteiger partial charge in [-0.15, -0.1) is 0 Å². The summed E-state index contributed by atoms with van der Waals surface area (Å²) in [6, 6.07) is -0.181. The van der Waals surface area contributed by atoms with Crippen LogP contribution < -0.4 is 0 Å². The highest BCUT2D eigenvalue weighted by Gasteiger charge is 2.40. The van der Waals surface area contributed by atoms with Crippen molar-refractivity contribution in [2.45, 2.75) is 43.4 Å². The average Bonchev–Trinajstić information content (AvgIpc) is 2.75. The van der Waals surface area contributed by atoms with Crippen LogP contribution in [-0.4, -0.2) is 54.5 Å². The van der Waals surface area contributed by atoms with Crippen molar-refractivity contribution >= 4 is 15.7 Å². The second-order valence-corrected chi connectivity index (χ2v) is 7.16. The van der Waals surface area contributed by atoms with E-state index in [1.807, 2.05) is 0 Å². The van der Waals surface area contributed by atoms with Gasteiger partial charge in [-0.1, -0.05) is 6.42 Å². The molecule has 2 unspecified atom stereocenters. The van der Waals surface area contributed by atoms with Crippen molar-refractivity contribution < 1.29 is 18.3 Å². The number of amides is 1. The topological polar surface area (TPSA) is 74.7 Å². The minimum Gasteiger partial charge on any atom is -0.394 e. The van der Waals surface area contributed by atoms with Gasteiger partial charge in [-0.3, -0.25) is 4.79 Å². The normalized spacial score (nSPS) is 32.6. The Morgan fingerprint density at radius 1 is 1.24 bits per heavy atom. The molecule has 2 heterocycles. The molecular weight excluding hydrogens is 242 g/mol. The smallest absolute Gasteiger partial charge is 0.241 e. The summed E-state index contributed by atoms with van der Waals surface area (Å²) in [7, 11) is -3.26. The fourth-order valence-electron chi connectivity index (χ4n) is 2.73. The SMILES string of the molecule is O=C(C1CCCCS1(=O)=O)N1CCCC1CO. The summed E-state index contributed by atoms with van der Waals surface area (Å²) < 4.78 is 23.7. The zero-order chi connectivity index (χ0) is 12.5. The largest absolute Gasteiger partial charge is 0.394 e. The van der Waals surface area contributed by atoms with E-state index in [0.29, 0.717) is 19.4 Å². The van der Waals surface area contributed by atoms with E-state index in [0.717, 1.165) is 19.3 Å². The monoisotopic (exact) mass is 261 g/mol. The number of hydrogen-bond acceptors (Lipinski definition) is 4. The van der Waals surface area contributed by atoms with E-state index in [1.54, 1.807) is 4.90 Å². The Kier molecular flexibility index (Phi) is 3.73. The summed E-state index contributed by atoms with van der Waals surface area (Å²) in [5, 5.41) is 8.31. The summed E-state index contributed by atoms with van der Waals surface area (Å²) in [5.41, 5.74) is 0. The molecule has 0 aromatic heterocycles. The van der Waals surface area contributed by atoms with Crippen molar-refractivity contribution in [1.82, 2.24) is 4.90 Å². The molecule has 0 saturated carbocycles. The van der Waals surface area contributed by atoms with Gasteiger partial charge in [0.15, 0.2) is 9.84 Å². The lowest BCUT2D eigenvalue weighted by molar-refractivity contribution is -0.132. The van der Waals surface area contributed by atoms with Crippen LogP contribution in [0.15, 0.2) is 0 Å². The minimum atomic E-state index is -3.26. The molecule has 6 heteroatoms. The van der Waals surface area contributed by atoms with Gasteiger partial charge in [0.2, 0.25) is 5.91 Å². The number of aliphatic hydroxyl groups is 1. The predicted octanol–water partition coefficient (Wildman–Crippen LogP) is -0.0630. The number of nitrogens with zero attached hydrogens (tertiary/aromatic N) is 1. The van der Waals surface area contributed by atoms with Crippen LogP contribution in [0.2, 0.25) is 0 Å². The van der Waals surface area contributed by atoms with E-state index in [9.17, 15) is 18.3 Å². The number of rotatable bonds is 2. The molecule has 0 bridgehead atoms. The Morgan fingerprint density at radius 2 is 2.00 bits per heavy atom. The molecule has 0 spiro atoms. The molecule has 2 rings (SSSR count). The molecule has 2 aliphatic rings. The van der Waals surface area contributed by atoms with Gasteiger partial charge in [-0.25, -0.2) is 8.42 Å². The quantitative estimate of drug-likeness (QED) is 0.755. The van der Waals surface area contributed by atoms with Crippen LogP contribution >= 0.6 is 0 Å². The number of hydrogen-bond donors (Lipinski definition) is 1. The fraction of sp³-hybridized carbons (Fsp3) is 0.909. The van der Waals surface area contributed by atoms with Crippen molar-refractivity contribution in [3.8, 4) is 0 Å². The molecule has 2 saturated heterocycles. The maximum absolute atomic E-state index is 12.2. The highest BCUT2D eigenvalue weighted by atomic mass is 32.2. The van der Waals surface area contributed by atoms with Crippen molar-refractivity contribution in [3.63, 3.8) is 0 Å². The first-order valence-corrected chi connectivity index (χ1v) is 7.90. The molecule has 2 fully saturated rings. The van der Waals surface area contributed by atoms with Gasteiger partial charge in [0.25, 0.3) is 0 Å². The molecule has 0 aliphatic carbocycles. The Hall–Kier alpha value is -0.620. The first kappa shape index (κ1) is 12.8. The summed E-state index contributed by atoms with van der Waals surface area (Å²) in [6.45, 7) is 0.509. The van der Waals surface area contributed by atoms with Gasteiger partial charge in [-0.05, 0) is 25.7 Å².